The van der Waals surface area contributed by atoms with Crippen LogP contribution in [0.15, 0.2) is 24.3 Å². The average Bonchev–Trinajstić information content (AvgIpc) is 2.25. The van der Waals surface area contributed by atoms with E-state index in [1.54, 1.807) is 19.1 Å². The van der Waals surface area contributed by atoms with E-state index in [-0.39, 0.29) is 5.82 Å². The Kier molecular flexibility index (Phi) is 5.05. The zero-order valence-corrected chi connectivity index (χ0v) is 10.7. The maximum absolute atomic E-state index is 12.8. The Hall–Kier alpha value is -0.970. The summed E-state index contributed by atoms with van der Waals surface area (Å²) in [5, 5.41) is 13.4. The van der Waals surface area contributed by atoms with Gasteiger partial charge in [-0.2, -0.15) is 0 Å². The van der Waals surface area contributed by atoms with Crippen molar-refractivity contribution in [3.05, 3.63) is 35.6 Å². The molecule has 0 saturated heterocycles. The van der Waals surface area contributed by atoms with Gasteiger partial charge in [0, 0.05) is 19.6 Å². The third-order valence-electron chi connectivity index (χ3n) is 2.67. The van der Waals surface area contributed by atoms with Crippen LogP contribution >= 0.6 is 0 Å². The molecule has 4 heteroatoms. The van der Waals surface area contributed by atoms with Gasteiger partial charge < -0.3 is 15.3 Å². The lowest BCUT2D eigenvalue weighted by Gasteiger charge is -2.24. The topological polar surface area (TPSA) is 35.5 Å². The molecule has 0 fully saturated rings. The van der Waals surface area contributed by atoms with E-state index in [1.165, 1.54) is 12.1 Å². The minimum Gasteiger partial charge on any atom is -0.384 e. The number of hydrogen-bond donors (Lipinski definition) is 2. The Labute approximate surface area is 102 Å². The van der Waals surface area contributed by atoms with Crippen LogP contribution in [0.1, 0.15) is 12.5 Å². The van der Waals surface area contributed by atoms with Gasteiger partial charge in [-0.05, 0) is 38.7 Å². The van der Waals surface area contributed by atoms with Crippen molar-refractivity contribution in [2.75, 3.05) is 33.7 Å². The first-order chi connectivity index (χ1) is 7.92. The number of halogens is 1. The highest BCUT2D eigenvalue weighted by molar-refractivity contribution is 5.22. The highest BCUT2D eigenvalue weighted by atomic mass is 19.1. The highest BCUT2D eigenvalue weighted by Crippen LogP contribution is 2.19. The monoisotopic (exact) mass is 240 g/mol. The van der Waals surface area contributed by atoms with Crippen molar-refractivity contribution in [1.82, 2.24) is 10.2 Å². The maximum Gasteiger partial charge on any atom is 0.123 e. The molecule has 0 radical (unpaired) electrons. The van der Waals surface area contributed by atoms with E-state index in [9.17, 15) is 9.50 Å². The van der Waals surface area contributed by atoms with Crippen molar-refractivity contribution in [1.29, 1.82) is 0 Å². The number of rotatable bonds is 6. The normalized spacial score (nSPS) is 14.9. The van der Waals surface area contributed by atoms with Gasteiger partial charge in [-0.3, -0.25) is 0 Å². The molecule has 3 nitrogen and oxygen atoms in total. The van der Waals surface area contributed by atoms with Crippen molar-refractivity contribution < 1.29 is 9.50 Å². The lowest BCUT2D eigenvalue weighted by atomic mass is 9.96. The minimum atomic E-state index is -0.972. The molecule has 1 unspecified atom stereocenters. The van der Waals surface area contributed by atoms with E-state index >= 15 is 0 Å². The van der Waals surface area contributed by atoms with Gasteiger partial charge in [-0.25, -0.2) is 4.39 Å². The molecule has 1 atom stereocenters. The van der Waals surface area contributed by atoms with E-state index in [0.29, 0.717) is 6.54 Å². The molecule has 0 amide bonds. The molecule has 0 aliphatic carbocycles. The molecule has 1 aromatic rings. The van der Waals surface area contributed by atoms with Crippen molar-refractivity contribution in [3.63, 3.8) is 0 Å². The number of aliphatic hydroxyl groups is 1. The molecule has 1 rings (SSSR count). The smallest absolute Gasteiger partial charge is 0.123 e. The molecule has 0 aliphatic heterocycles. The molecule has 0 bridgehead atoms. The summed E-state index contributed by atoms with van der Waals surface area (Å²) < 4.78 is 12.8. The molecular weight excluding hydrogens is 219 g/mol. The first-order valence-electron chi connectivity index (χ1n) is 5.76. The van der Waals surface area contributed by atoms with Gasteiger partial charge in [0.2, 0.25) is 0 Å². The lowest BCUT2D eigenvalue weighted by molar-refractivity contribution is 0.0567. The molecule has 1 aromatic carbocycles. The average molecular weight is 240 g/mol. The number of hydrogen-bond acceptors (Lipinski definition) is 3. The Morgan fingerprint density at radius 2 is 1.88 bits per heavy atom. The zero-order chi connectivity index (χ0) is 12.9. The van der Waals surface area contributed by atoms with Gasteiger partial charge >= 0.3 is 0 Å². The highest BCUT2D eigenvalue weighted by Gasteiger charge is 2.22. The Morgan fingerprint density at radius 3 is 2.41 bits per heavy atom. The fraction of sp³-hybridized carbons (Fsp3) is 0.538. The van der Waals surface area contributed by atoms with Crippen LogP contribution in [-0.2, 0) is 5.60 Å². The predicted octanol–water partition coefficient (Wildman–Crippen LogP) is 1.18. The fourth-order valence-corrected chi connectivity index (χ4v) is 1.55. The van der Waals surface area contributed by atoms with Crippen LogP contribution in [0.4, 0.5) is 4.39 Å². The number of nitrogens with one attached hydrogen (secondary N) is 1. The molecule has 0 aromatic heterocycles. The van der Waals surface area contributed by atoms with Crippen LogP contribution in [0, 0.1) is 5.82 Å². The summed E-state index contributed by atoms with van der Waals surface area (Å²) >= 11 is 0. The third-order valence-corrected chi connectivity index (χ3v) is 2.67. The van der Waals surface area contributed by atoms with E-state index in [0.717, 1.165) is 18.7 Å². The van der Waals surface area contributed by atoms with E-state index in [4.69, 9.17) is 0 Å². The zero-order valence-electron chi connectivity index (χ0n) is 10.7. The van der Waals surface area contributed by atoms with Crippen molar-refractivity contribution in [2.45, 2.75) is 12.5 Å². The summed E-state index contributed by atoms with van der Waals surface area (Å²) in [6.07, 6.45) is 0. The summed E-state index contributed by atoms with van der Waals surface area (Å²) in [5.74, 6) is -0.287. The molecule has 96 valence electrons. The van der Waals surface area contributed by atoms with E-state index in [2.05, 4.69) is 10.2 Å². The summed E-state index contributed by atoms with van der Waals surface area (Å²) in [5.41, 5.74) is -0.253. The van der Waals surface area contributed by atoms with Gasteiger partial charge in [0.1, 0.15) is 5.82 Å². The molecule has 0 heterocycles. The second-order valence-electron chi connectivity index (χ2n) is 4.76. The van der Waals surface area contributed by atoms with E-state index in [1.807, 2.05) is 14.1 Å². The Morgan fingerprint density at radius 1 is 1.29 bits per heavy atom. The van der Waals surface area contributed by atoms with Gasteiger partial charge in [0.15, 0.2) is 0 Å². The van der Waals surface area contributed by atoms with Crippen molar-refractivity contribution >= 4 is 0 Å². The van der Waals surface area contributed by atoms with Crippen molar-refractivity contribution in [3.8, 4) is 0 Å². The summed E-state index contributed by atoms with van der Waals surface area (Å²) in [7, 11) is 4.00. The third kappa shape index (κ3) is 4.81. The van der Waals surface area contributed by atoms with Crippen LogP contribution in [-0.4, -0.2) is 43.7 Å². The molecular formula is C13H21FN2O. The predicted molar refractivity (Wildman–Crippen MR) is 67.4 cm³/mol. The first-order valence-corrected chi connectivity index (χ1v) is 5.76. The summed E-state index contributed by atoms with van der Waals surface area (Å²) in [4.78, 5) is 2.07. The largest absolute Gasteiger partial charge is 0.384 e. The van der Waals surface area contributed by atoms with Crippen LogP contribution in [0.5, 0.6) is 0 Å². The molecule has 2 N–H and O–H groups in total. The van der Waals surface area contributed by atoms with Crippen molar-refractivity contribution in [2.24, 2.45) is 0 Å². The molecule has 0 saturated carbocycles. The number of nitrogens with zero attached hydrogens (tertiary/aromatic N) is 1. The number of benzene rings is 1. The van der Waals surface area contributed by atoms with E-state index < -0.39 is 5.60 Å². The SMILES string of the molecule is CN(C)CCNCC(C)(O)c1ccc(F)cc1. The Balaban J connectivity index is 2.47. The van der Waals surface area contributed by atoms with Gasteiger partial charge in [-0.1, -0.05) is 12.1 Å². The standard InChI is InChI=1S/C13H21FN2O/c1-13(17,10-15-8-9-16(2)3)11-4-6-12(14)7-5-11/h4-7,15,17H,8-10H2,1-3H3. The second kappa shape index (κ2) is 6.10. The van der Waals surface area contributed by atoms with Gasteiger partial charge in [0.05, 0.1) is 5.60 Å². The molecule has 17 heavy (non-hydrogen) atoms. The summed E-state index contributed by atoms with van der Waals surface area (Å²) in [6.45, 7) is 3.90. The minimum absolute atomic E-state index is 0.287. The first kappa shape index (κ1) is 14.1. The van der Waals surface area contributed by atoms with Crippen LogP contribution < -0.4 is 5.32 Å². The van der Waals surface area contributed by atoms with Crippen LogP contribution in [0.2, 0.25) is 0 Å². The Bertz CT molecular complexity index is 336. The van der Waals surface area contributed by atoms with Gasteiger partial charge in [-0.15, -0.1) is 0 Å². The maximum atomic E-state index is 12.8. The molecule has 0 spiro atoms. The van der Waals surface area contributed by atoms with Gasteiger partial charge in [0.25, 0.3) is 0 Å². The summed E-state index contributed by atoms with van der Waals surface area (Å²) in [6, 6.07) is 5.96. The fourth-order valence-electron chi connectivity index (χ4n) is 1.55. The van der Waals surface area contributed by atoms with Crippen LogP contribution in [0.25, 0.3) is 0 Å². The second-order valence-corrected chi connectivity index (χ2v) is 4.76. The number of likely N-dealkylation sites (N-methyl/N-ethyl adjacent to an activating group) is 1. The molecule has 0 aliphatic rings. The lowest BCUT2D eigenvalue weighted by Crippen LogP contribution is -2.38. The quantitative estimate of drug-likeness (QED) is 0.733. The van der Waals surface area contributed by atoms with Crippen LogP contribution in [0.3, 0.4) is 0 Å².